The molecule has 3 rings (SSSR count). The molecule has 0 saturated carbocycles. The van der Waals surface area contributed by atoms with Crippen molar-refractivity contribution in [1.82, 2.24) is 14.8 Å². The summed E-state index contributed by atoms with van der Waals surface area (Å²) in [6.07, 6.45) is 0. The molecule has 2 aromatic carbocycles. The van der Waals surface area contributed by atoms with Crippen LogP contribution in [0.1, 0.15) is 5.82 Å². The van der Waals surface area contributed by atoms with Crippen molar-refractivity contribution >= 4 is 52.2 Å². The first-order chi connectivity index (χ1) is 14.3. The van der Waals surface area contributed by atoms with Crippen LogP contribution in [0.3, 0.4) is 0 Å². The molecule has 30 heavy (non-hydrogen) atoms. The zero-order chi connectivity index (χ0) is 21.7. The Balaban J connectivity index is 1.53. The second-order valence-electron chi connectivity index (χ2n) is 5.96. The van der Waals surface area contributed by atoms with Crippen molar-refractivity contribution in [2.24, 2.45) is 7.05 Å². The summed E-state index contributed by atoms with van der Waals surface area (Å²) >= 11 is 13.2. The minimum Gasteiger partial charge on any atom is -0.484 e. The fourth-order valence-electron chi connectivity index (χ4n) is 2.32. The molecule has 0 fully saturated rings. The van der Waals surface area contributed by atoms with Gasteiger partial charge in [-0.05, 0) is 24.3 Å². The van der Waals surface area contributed by atoms with Crippen molar-refractivity contribution in [3.05, 3.63) is 68.4 Å². The number of anilines is 1. The number of thioether (sulfide) groups is 1. The summed E-state index contributed by atoms with van der Waals surface area (Å²) in [4.78, 5) is 22.3. The highest BCUT2D eigenvalue weighted by Gasteiger charge is 2.13. The molecule has 12 heteroatoms. The lowest BCUT2D eigenvalue weighted by Crippen LogP contribution is -2.14. The first-order valence-electron chi connectivity index (χ1n) is 8.46. The van der Waals surface area contributed by atoms with Crippen molar-refractivity contribution in [3.63, 3.8) is 0 Å². The molecule has 0 aliphatic rings. The monoisotopic (exact) mass is 467 g/mol. The molecule has 3 aromatic rings. The number of non-ortho nitro benzene ring substituents is 1. The zero-order valence-corrected chi connectivity index (χ0v) is 17.9. The number of carbonyl (C=O) groups is 1. The zero-order valence-electron chi connectivity index (χ0n) is 15.5. The fraction of sp³-hybridized carbons (Fsp3) is 0.167. The van der Waals surface area contributed by atoms with Crippen LogP contribution in [0.5, 0.6) is 5.75 Å². The van der Waals surface area contributed by atoms with Crippen molar-refractivity contribution in [3.8, 4) is 5.75 Å². The standard InChI is InChI=1S/C18H15Cl2N5O4S/c1-24-16(9-29-15-8-11(19)2-7-14(15)20)22-23-18(24)30-10-17(26)21-12-3-5-13(6-4-12)25(27)28/h2-8H,9-10H2,1H3,(H,21,26). The summed E-state index contributed by atoms with van der Waals surface area (Å²) in [5.41, 5.74) is 0.423. The van der Waals surface area contributed by atoms with Gasteiger partial charge in [-0.1, -0.05) is 35.0 Å². The van der Waals surface area contributed by atoms with Gasteiger partial charge >= 0.3 is 0 Å². The Morgan fingerprint density at radius 1 is 1.23 bits per heavy atom. The molecule has 0 bridgehead atoms. The van der Waals surface area contributed by atoms with E-state index in [1.807, 2.05) is 0 Å². The number of aromatic nitrogens is 3. The summed E-state index contributed by atoms with van der Waals surface area (Å²) in [5.74, 6) is 0.790. The van der Waals surface area contributed by atoms with Gasteiger partial charge in [-0.15, -0.1) is 10.2 Å². The maximum absolute atomic E-state index is 12.1. The van der Waals surface area contributed by atoms with Crippen LogP contribution < -0.4 is 10.1 Å². The van der Waals surface area contributed by atoms with Gasteiger partial charge < -0.3 is 14.6 Å². The smallest absolute Gasteiger partial charge is 0.269 e. The Kier molecular flexibility index (Phi) is 7.14. The van der Waals surface area contributed by atoms with Gasteiger partial charge in [-0.2, -0.15) is 0 Å². The molecule has 1 N–H and O–H groups in total. The van der Waals surface area contributed by atoms with Crippen LogP contribution in [0.15, 0.2) is 47.6 Å². The molecule has 0 aliphatic carbocycles. The lowest BCUT2D eigenvalue weighted by molar-refractivity contribution is -0.384. The van der Waals surface area contributed by atoms with Crippen molar-refractivity contribution in [1.29, 1.82) is 0 Å². The number of nitro benzene ring substituents is 1. The molecular weight excluding hydrogens is 453 g/mol. The van der Waals surface area contributed by atoms with E-state index in [0.717, 1.165) is 0 Å². The quantitative estimate of drug-likeness (QED) is 0.297. The van der Waals surface area contributed by atoms with E-state index in [9.17, 15) is 14.9 Å². The number of hydrogen-bond donors (Lipinski definition) is 1. The van der Waals surface area contributed by atoms with Crippen molar-refractivity contribution in [2.75, 3.05) is 11.1 Å². The summed E-state index contributed by atoms with van der Waals surface area (Å²) in [7, 11) is 1.76. The van der Waals surface area contributed by atoms with Gasteiger partial charge in [0.25, 0.3) is 5.69 Å². The van der Waals surface area contributed by atoms with Crippen LogP contribution >= 0.6 is 35.0 Å². The summed E-state index contributed by atoms with van der Waals surface area (Å²) < 4.78 is 7.36. The van der Waals surface area contributed by atoms with Gasteiger partial charge in [0, 0.05) is 36.0 Å². The second kappa shape index (κ2) is 9.79. The van der Waals surface area contributed by atoms with Crippen molar-refractivity contribution < 1.29 is 14.5 Å². The number of halogens is 2. The number of benzene rings is 2. The third-order valence-electron chi connectivity index (χ3n) is 3.87. The molecule has 156 valence electrons. The molecule has 1 aromatic heterocycles. The Morgan fingerprint density at radius 2 is 1.97 bits per heavy atom. The van der Waals surface area contributed by atoms with Crippen LogP contribution in [0.25, 0.3) is 0 Å². The lowest BCUT2D eigenvalue weighted by Gasteiger charge is -2.08. The summed E-state index contributed by atoms with van der Waals surface area (Å²) in [6.45, 7) is 0.124. The van der Waals surface area contributed by atoms with Gasteiger partial charge in [-0.3, -0.25) is 14.9 Å². The van der Waals surface area contributed by atoms with E-state index >= 15 is 0 Å². The second-order valence-corrected chi connectivity index (χ2v) is 7.75. The molecular formula is C18H15Cl2N5O4S. The average molecular weight is 468 g/mol. The lowest BCUT2D eigenvalue weighted by atomic mass is 10.3. The molecule has 1 amide bonds. The third kappa shape index (κ3) is 5.62. The van der Waals surface area contributed by atoms with Crippen LogP contribution in [0.2, 0.25) is 10.0 Å². The van der Waals surface area contributed by atoms with Gasteiger partial charge in [-0.25, -0.2) is 0 Å². The predicted octanol–water partition coefficient (Wildman–Crippen LogP) is 4.34. The van der Waals surface area contributed by atoms with Crippen molar-refractivity contribution in [2.45, 2.75) is 11.8 Å². The molecule has 0 spiro atoms. The van der Waals surface area contributed by atoms with Gasteiger partial charge in [0.1, 0.15) is 12.4 Å². The molecule has 0 saturated heterocycles. The SMILES string of the molecule is Cn1c(COc2cc(Cl)ccc2Cl)nnc1SCC(=O)Nc1ccc([N+](=O)[O-])cc1. The predicted molar refractivity (Wildman–Crippen MR) is 114 cm³/mol. The van der Waals surface area contributed by atoms with Crippen LogP contribution in [-0.4, -0.2) is 31.3 Å². The van der Waals surface area contributed by atoms with E-state index in [-0.39, 0.29) is 24.0 Å². The normalized spacial score (nSPS) is 10.6. The Bertz CT molecular complexity index is 1070. The average Bonchev–Trinajstić information content (AvgIpc) is 3.07. The molecule has 1 heterocycles. The minimum atomic E-state index is -0.503. The Morgan fingerprint density at radius 3 is 2.67 bits per heavy atom. The number of nitrogens with zero attached hydrogens (tertiary/aromatic N) is 4. The first kappa shape index (κ1) is 21.9. The van der Waals surface area contributed by atoms with E-state index in [1.165, 1.54) is 36.0 Å². The van der Waals surface area contributed by atoms with Gasteiger partial charge in [0.2, 0.25) is 5.91 Å². The maximum atomic E-state index is 12.1. The Hall–Kier alpha value is -2.82. The number of nitrogens with one attached hydrogen (secondary N) is 1. The number of amides is 1. The molecule has 0 aliphatic heterocycles. The number of carbonyl (C=O) groups excluding carboxylic acids is 1. The number of hydrogen-bond acceptors (Lipinski definition) is 7. The summed E-state index contributed by atoms with van der Waals surface area (Å²) in [6, 6.07) is 10.5. The topological polar surface area (TPSA) is 112 Å². The van der Waals surface area contributed by atoms with Gasteiger partial charge in [0.05, 0.1) is 15.7 Å². The maximum Gasteiger partial charge on any atom is 0.269 e. The minimum absolute atomic E-state index is 0.0460. The third-order valence-corrected chi connectivity index (χ3v) is 5.44. The van der Waals surface area contributed by atoms with Gasteiger partial charge in [0.15, 0.2) is 11.0 Å². The van der Waals surface area contributed by atoms with E-state index in [4.69, 9.17) is 27.9 Å². The number of ether oxygens (including phenoxy) is 1. The van der Waals surface area contributed by atoms with E-state index in [2.05, 4.69) is 15.5 Å². The van der Waals surface area contributed by atoms with E-state index in [1.54, 1.807) is 29.8 Å². The van der Waals surface area contributed by atoms with Crippen LogP contribution in [0, 0.1) is 10.1 Å². The molecule has 0 radical (unpaired) electrons. The Labute approximate surface area is 185 Å². The first-order valence-corrected chi connectivity index (χ1v) is 10.2. The molecule has 0 unspecified atom stereocenters. The fourth-order valence-corrected chi connectivity index (χ4v) is 3.38. The summed E-state index contributed by atoms with van der Waals surface area (Å²) in [5, 5.41) is 22.9. The van der Waals surface area contributed by atoms with E-state index in [0.29, 0.717) is 32.5 Å². The van der Waals surface area contributed by atoms with Crippen LogP contribution in [0.4, 0.5) is 11.4 Å². The van der Waals surface area contributed by atoms with E-state index < -0.39 is 4.92 Å². The highest BCUT2D eigenvalue weighted by Crippen LogP contribution is 2.28. The number of rotatable bonds is 8. The highest BCUT2D eigenvalue weighted by molar-refractivity contribution is 7.99. The highest BCUT2D eigenvalue weighted by atomic mass is 35.5. The molecule has 0 atom stereocenters. The van der Waals surface area contributed by atoms with Crippen LogP contribution in [-0.2, 0) is 18.4 Å². The molecule has 9 nitrogen and oxygen atoms in total. The number of nitro groups is 1. The largest absolute Gasteiger partial charge is 0.484 e.